The van der Waals surface area contributed by atoms with Crippen molar-refractivity contribution in [1.82, 2.24) is 0 Å². The highest BCUT2D eigenvalue weighted by Crippen LogP contribution is 2.40. The van der Waals surface area contributed by atoms with Crippen LogP contribution in [0.3, 0.4) is 0 Å². The number of allylic oxidation sites excluding steroid dienone is 1. The summed E-state index contributed by atoms with van der Waals surface area (Å²) in [5.74, 6) is 0.549. The van der Waals surface area contributed by atoms with Gasteiger partial charge in [-0.2, -0.15) is 0 Å². The molecule has 0 bridgehead atoms. The van der Waals surface area contributed by atoms with Gasteiger partial charge in [-0.25, -0.2) is 0 Å². The maximum atomic E-state index is 9.82. The van der Waals surface area contributed by atoms with Gasteiger partial charge in [0.25, 0.3) is 0 Å². The number of hydrogen-bond donors (Lipinski definition) is 1. The second kappa shape index (κ2) is 3.21. The molecule has 1 rings (SSSR count). The van der Waals surface area contributed by atoms with Crippen molar-refractivity contribution in [2.24, 2.45) is 11.3 Å². The number of aliphatic hydroxyl groups excluding tert-OH is 1. The predicted molar refractivity (Wildman–Crippen MR) is 51.9 cm³/mol. The average Bonchev–Trinajstić information content (AvgIpc) is 1.94. The fraction of sp³-hybridized carbons (Fsp3) is 0.818. The molecule has 1 aliphatic rings. The van der Waals surface area contributed by atoms with Crippen molar-refractivity contribution in [2.45, 2.75) is 46.1 Å². The highest BCUT2D eigenvalue weighted by atomic mass is 16.3. The Balaban J connectivity index is 2.58. The normalized spacial score (nSPS) is 34.7. The lowest BCUT2D eigenvalue weighted by molar-refractivity contribution is -0.00156. The number of aliphatic hydroxyl groups is 1. The minimum atomic E-state index is -0.145. The summed E-state index contributed by atoms with van der Waals surface area (Å²) < 4.78 is 0. The van der Waals surface area contributed by atoms with Gasteiger partial charge < -0.3 is 5.11 Å². The molecule has 1 saturated carbocycles. The lowest BCUT2D eigenvalue weighted by Gasteiger charge is -2.39. The van der Waals surface area contributed by atoms with Gasteiger partial charge in [0.05, 0.1) is 6.10 Å². The van der Waals surface area contributed by atoms with E-state index < -0.39 is 0 Å². The van der Waals surface area contributed by atoms with Crippen molar-refractivity contribution >= 4 is 0 Å². The van der Waals surface area contributed by atoms with Crippen molar-refractivity contribution < 1.29 is 5.11 Å². The number of hydrogen-bond acceptors (Lipinski definition) is 1. The standard InChI is InChI=1S/C11H20O/c1-8(2)9-5-6-11(3,4)10(12)7-9/h9-10,12H,1,5-7H2,2-4H3. The highest BCUT2D eigenvalue weighted by molar-refractivity contribution is 5.01. The van der Waals surface area contributed by atoms with Crippen molar-refractivity contribution in [2.75, 3.05) is 0 Å². The molecule has 12 heavy (non-hydrogen) atoms. The Bertz CT molecular complexity index is 181. The summed E-state index contributed by atoms with van der Waals surface area (Å²) >= 11 is 0. The van der Waals surface area contributed by atoms with Crippen molar-refractivity contribution in [3.63, 3.8) is 0 Å². The van der Waals surface area contributed by atoms with Crippen LogP contribution in [0.25, 0.3) is 0 Å². The quantitative estimate of drug-likeness (QED) is 0.597. The Morgan fingerprint density at radius 2 is 2.08 bits per heavy atom. The molecule has 1 aliphatic carbocycles. The summed E-state index contributed by atoms with van der Waals surface area (Å²) in [4.78, 5) is 0. The van der Waals surface area contributed by atoms with E-state index in [-0.39, 0.29) is 11.5 Å². The molecule has 1 nitrogen and oxygen atoms in total. The third kappa shape index (κ3) is 1.89. The fourth-order valence-electron chi connectivity index (χ4n) is 1.87. The van der Waals surface area contributed by atoms with Crippen LogP contribution in [0, 0.1) is 11.3 Å². The molecule has 2 atom stereocenters. The van der Waals surface area contributed by atoms with E-state index in [1.807, 2.05) is 0 Å². The van der Waals surface area contributed by atoms with Crippen molar-refractivity contribution in [3.05, 3.63) is 12.2 Å². The van der Waals surface area contributed by atoms with Crippen molar-refractivity contribution in [1.29, 1.82) is 0 Å². The van der Waals surface area contributed by atoms with E-state index in [0.717, 1.165) is 12.8 Å². The molecule has 1 heteroatoms. The van der Waals surface area contributed by atoms with Gasteiger partial charge >= 0.3 is 0 Å². The third-order valence-electron chi connectivity index (χ3n) is 3.24. The third-order valence-corrected chi connectivity index (χ3v) is 3.24. The largest absolute Gasteiger partial charge is 0.393 e. The van der Waals surface area contributed by atoms with Gasteiger partial charge in [-0.15, -0.1) is 0 Å². The van der Waals surface area contributed by atoms with E-state index in [1.165, 1.54) is 12.0 Å². The lowest BCUT2D eigenvalue weighted by atomic mass is 9.69. The predicted octanol–water partition coefficient (Wildman–Crippen LogP) is 2.75. The summed E-state index contributed by atoms with van der Waals surface area (Å²) in [6.07, 6.45) is 3.07. The molecule has 1 N–H and O–H groups in total. The van der Waals surface area contributed by atoms with Crippen LogP contribution in [0.1, 0.15) is 40.0 Å². The monoisotopic (exact) mass is 168 g/mol. The molecule has 0 radical (unpaired) electrons. The topological polar surface area (TPSA) is 20.2 Å². The summed E-state index contributed by atoms with van der Waals surface area (Å²) in [5.41, 5.74) is 1.34. The summed E-state index contributed by atoms with van der Waals surface area (Å²) in [6, 6.07) is 0. The molecule has 0 aliphatic heterocycles. The smallest absolute Gasteiger partial charge is 0.0596 e. The molecule has 0 aromatic carbocycles. The first-order chi connectivity index (χ1) is 5.43. The first-order valence-corrected chi connectivity index (χ1v) is 4.77. The minimum Gasteiger partial charge on any atom is -0.393 e. The van der Waals surface area contributed by atoms with Crippen LogP contribution in [0.2, 0.25) is 0 Å². The molecule has 0 spiro atoms. The van der Waals surface area contributed by atoms with Gasteiger partial charge in [-0.3, -0.25) is 0 Å². The van der Waals surface area contributed by atoms with Gasteiger partial charge in [0, 0.05) is 0 Å². The highest BCUT2D eigenvalue weighted by Gasteiger charge is 2.35. The summed E-state index contributed by atoms with van der Waals surface area (Å²) in [6.45, 7) is 10.3. The molecule has 0 aromatic heterocycles. The van der Waals surface area contributed by atoms with Crippen LogP contribution >= 0.6 is 0 Å². The van der Waals surface area contributed by atoms with Gasteiger partial charge in [-0.1, -0.05) is 26.0 Å². The second-order valence-electron chi connectivity index (χ2n) is 4.82. The van der Waals surface area contributed by atoms with Gasteiger partial charge in [0.15, 0.2) is 0 Å². The molecule has 0 aromatic rings. The maximum absolute atomic E-state index is 9.82. The first-order valence-electron chi connectivity index (χ1n) is 4.77. The zero-order chi connectivity index (χ0) is 9.35. The van der Waals surface area contributed by atoms with Gasteiger partial charge in [0.1, 0.15) is 0 Å². The van der Waals surface area contributed by atoms with Crippen LogP contribution in [0.15, 0.2) is 12.2 Å². The summed E-state index contributed by atoms with van der Waals surface area (Å²) in [7, 11) is 0. The fourth-order valence-corrected chi connectivity index (χ4v) is 1.87. The molecular weight excluding hydrogens is 148 g/mol. The maximum Gasteiger partial charge on any atom is 0.0596 e. The van der Waals surface area contributed by atoms with E-state index in [1.54, 1.807) is 0 Å². The zero-order valence-corrected chi connectivity index (χ0v) is 8.43. The Hall–Kier alpha value is -0.300. The van der Waals surface area contributed by atoms with E-state index >= 15 is 0 Å². The SMILES string of the molecule is C=C(C)C1CCC(C)(C)C(O)C1. The molecule has 0 heterocycles. The van der Waals surface area contributed by atoms with Crippen LogP contribution in [-0.4, -0.2) is 11.2 Å². The van der Waals surface area contributed by atoms with Gasteiger partial charge in [0.2, 0.25) is 0 Å². The van der Waals surface area contributed by atoms with E-state index in [2.05, 4.69) is 27.4 Å². The van der Waals surface area contributed by atoms with Crippen LogP contribution in [0.5, 0.6) is 0 Å². The molecule has 0 amide bonds. The zero-order valence-electron chi connectivity index (χ0n) is 8.43. The van der Waals surface area contributed by atoms with E-state index in [9.17, 15) is 5.11 Å². The molecule has 70 valence electrons. The molecule has 2 unspecified atom stereocenters. The Morgan fingerprint density at radius 1 is 1.50 bits per heavy atom. The molecular formula is C11H20O. The molecule has 1 fully saturated rings. The van der Waals surface area contributed by atoms with Crippen LogP contribution < -0.4 is 0 Å². The first kappa shape index (κ1) is 9.79. The Labute approximate surface area is 75.5 Å². The average molecular weight is 168 g/mol. The second-order valence-corrected chi connectivity index (χ2v) is 4.82. The van der Waals surface area contributed by atoms with Crippen molar-refractivity contribution in [3.8, 4) is 0 Å². The van der Waals surface area contributed by atoms with Crippen LogP contribution in [0.4, 0.5) is 0 Å². The van der Waals surface area contributed by atoms with Gasteiger partial charge in [-0.05, 0) is 37.5 Å². The Morgan fingerprint density at radius 3 is 2.50 bits per heavy atom. The van der Waals surface area contributed by atoms with E-state index in [0.29, 0.717) is 5.92 Å². The number of rotatable bonds is 1. The lowest BCUT2D eigenvalue weighted by Crippen LogP contribution is -2.36. The van der Waals surface area contributed by atoms with E-state index in [4.69, 9.17) is 0 Å². The van der Waals surface area contributed by atoms with Crippen LogP contribution in [-0.2, 0) is 0 Å². The minimum absolute atomic E-state index is 0.117. The Kier molecular flexibility index (Phi) is 2.62. The molecule has 0 saturated heterocycles. The summed E-state index contributed by atoms with van der Waals surface area (Å²) in [5, 5.41) is 9.82.